The predicted octanol–water partition coefficient (Wildman–Crippen LogP) is 0.419. The molecule has 6 fully saturated rings. The second-order valence-corrected chi connectivity index (χ2v) is 14.4. The highest BCUT2D eigenvalue weighted by Gasteiger charge is 2.49. The van der Waals surface area contributed by atoms with Gasteiger partial charge in [-0.2, -0.15) is 0 Å². The SMILES string of the molecule is CCCC1C(C)C2CC(F)CNC1C(C(=O)NC1CNCCC1N1CCC(C(=O)N3CCC4(COC4)C3)CC1)C(N)N2. The van der Waals surface area contributed by atoms with Gasteiger partial charge < -0.3 is 31.3 Å². The van der Waals surface area contributed by atoms with Crippen LogP contribution in [0.5, 0.6) is 0 Å². The van der Waals surface area contributed by atoms with E-state index in [4.69, 9.17) is 10.5 Å². The summed E-state index contributed by atoms with van der Waals surface area (Å²) in [5.41, 5.74) is 6.93. The van der Waals surface area contributed by atoms with Crippen molar-refractivity contribution >= 4 is 11.8 Å². The van der Waals surface area contributed by atoms with Gasteiger partial charge in [0.15, 0.2) is 0 Å². The number of hydrogen-bond donors (Lipinski definition) is 5. The fourth-order valence-electron chi connectivity index (χ4n) is 9.10. The molecule has 0 saturated carbocycles. The smallest absolute Gasteiger partial charge is 0.227 e. The lowest BCUT2D eigenvalue weighted by Crippen LogP contribution is -2.64. The lowest BCUT2D eigenvalue weighted by molar-refractivity contribution is -0.140. The van der Waals surface area contributed by atoms with Gasteiger partial charge in [-0.1, -0.05) is 20.3 Å². The van der Waals surface area contributed by atoms with Gasteiger partial charge in [-0.3, -0.25) is 19.8 Å². The van der Waals surface area contributed by atoms with Crippen LogP contribution in [0.3, 0.4) is 0 Å². The van der Waals surface area contributed by atoms with Crippen LogP contribution in [0.4, 0.5) is 4.39 Å². The topological polar surface area (TPSA) is 124 Å². The Hall–Kier alpha value is -1.37. The maximum Gasteiger partial charge on any atom is 0.227 e. The number of piperidine rings is 2. The molecule has 0 aromatic rings. The number of rotatable bonds is 6. The Kier molecular flexibility index (Phi) is 9.43. The van der Waals surface area contributed by atoms with Gasteiger partial charge in [-0.25, -0.2) is 4.39 Å². The molecule has 9 atom stereocenters. The first kappa shape index (κ1) is 30.6. The van der Waals surface area contributed by atoms with Crippen LogP contribution in [0.1, 0.15) is 58.8 Å². The standard InChI is InChI=1S/C31H54FN7O3/c1-3-4-22-19(2)23-13-21(32)14-35-27(22)26(28(33)36-23)29(40)37-24-15-34-9-5-25(24)38-10-6-20(7-11-38)30(41)39-12-8-31(16-39)17-42-18-31/h19-28,34-36H,3-18,33H2,1-2H3,(H,37,40). The maximum absolute atomic E-state index is 14.8. The number of fused-ring (bicyclic) bond motifs is 3. The minimum absolute atomic E-state index is 0.0322. The minimum Gasteiger partial charge on any atom is -0.380 e. The third-order valence-electron chi connectivity index (χ3n) is 11.6. The van der Waals surface area contributed by atoms with Crippen molar-refractivity contribution in [2.45, 2.75) is 95.3 Å². The molecule has 6 N–H and O–H groups in total. The van der Waals surface area contributed by atoms with Crippen LogP contribution in [0.2, 0.25) is 0 Å². The molecular formula is C31H54FN7O3. The van der Waals surface area contributed by atoms with Crippen LogP contribution in [0, 0.1) is 29.1 Å². The maximum atomic E-state index is 14.8. The van der Waals surface area contributed by atoms with Crippen molar-refractivity contribution < 1.29 is 18.7 Å². The van der Waals surface area contributed by atoms with Crippen molar-refractivity contribution in [3.8, 4) is 0 Å². The molecule has 2 amide bonds. The molecule has 11 heteroatoms. The second kappa shape index (κ2) is 12.9. The molecule has 1 spiro atoms. The quantitative estimate of drug-likeness (QED) is 0.301. The van der Waals surface area contributed by atoms with Crippen molar-refractivity contribution in [3.05, 3.63) is 0 Å². The molecule has 238 valence electrons. The van der Waals surface area contributed by atoms with E-state index in [1.807, 2.05) is 0 Å². The molecule has 10 nitrogen and oxygen atoms in total. The van der Waals surface area contributed by atoms with Crippen molar-refractivity contribution in [2.75, 3.05) is 59.0 Å². The Labute approximate surface area is 250 Å². The van der Waals surface area contributed by atoms with Crippen LogP contribution < -0.4 is 27.0 Å². The Morgan fingerprint density at radius 2 is 1.93 bits per heavy atom. The molecule has 6 rings (SSSR count). The van der Waals surface area contributed by atoms with Gasteiger partial charge in [0, 0.05) is 55.6 Å². The van der Waals surface area contributed by atoms with Crippen LogP contribution in [-0.2, 0) is 14.3 Å². The number of likely N-dealkylation sites (tertiary alicyclic amines) is 2. The summed E-state index contributed by atoms with van der Waals surface area (Å²) < 4.78 is 20.2. The van der Waals surface area contributed by atoms with Crippen molar-refractivity contribution in [1.29, 1.82) is 0 Å². The van der Waals surface area contributed by atoms with Gasteiger partial charge in [0.25, 0.3) is 0 Å². The zero-order valence-electron chi connectivity index (χ0n) is 25.7. The number of nitrogens with two attached hydrogens (primary N) is 1. The number of ether oxygens (including phenoxy) is 1. The highest BCUT2D eigenvalue weighted by molar-refractivity contribution is 5.81. The monoisotopic (exact) mass is 591 g/mol. The average molecular weight is 592 g/mol. The van der Waals surface area contributed by atoms with E-state index in [9.17, 15) is 14.0 Å². The molecule has 9 unspecified atom stereocenters. The summed E-state index contributed by atoms with van der Waals surface area (Å²) in [5.74, 6) is 0.382. The van der Waals surface area contributed by atoms with E-state index in [1.54, 1.807) is 0 Å². The van der Waals surface area contributed by atoms with Gasteiger partial charge in [0.05, 0.1) is 31.3 Å². The Balaban J connectivity index is 1.09. The fraction of sp³-hybridized carbons (Fsp3) is 0.935. The van der Waals surface area contributed by atoms with Gasteiger partial charge >= 0.3 is 0 Å². The van der Waals surface area contributed by atoms with Gasteiger partial charge in [-0.15, -0.1) is 0 Å². The molecule has 0 aromatic heterocycles. The average Bonchev–Trinajstić information content (AvgIpc) is 3.42. The number of halogens is 1. The largest absolute Gasteiger partial charge is 0.380 e. The molecule has 6 heterocycles. The third kappa shape index (κ3) is 6.11. The minimum atomic E-state index is -0.954. The first-order chi connectivity index (χ1) is 20.3. The summed E-state index contributed by atoms with van der Waals surface area (Å²) in [6.45, 7) is 11.3. The first-order valence-electron chi connectivity index (χ1n) is 16.8. The number of amides is 2. The number of nitrogens with zero attached hydrogens (tertiary/aromatic N) is 2. The van der Waals surface area contributed by atoms with Crippen molar-refractivity contribution in [2.24, 2.45) is 34.8 Å². The second-order valence-electron chi connectivity index (χ2n) is 14.4. The third-order valence-corrected chi connectivity index (χ3v) is 11.6. The van der Waals surface area contributed by atoms with E-state index in [0.717, 1.165) is 84.5 Å². The van der Waals surface area contributed by atoms with Crippen LogP contribution in [-0.4, -0.2) is 117 Å². The van der Waals surface area contributed by atoms with E-state index >= 15 is 0 Å². The zero-order valence-corrected chi connectivity index (χ0v) is 25.7. The van der Waals surface area contributed by atoms with Crippen molar-refractivity contribution in [1.82, 2.24) is 31.1 Å². The fourth-order valence-corrected chi connectivity index (χ4v) is 9.10. The number of carbonyl (C=O) groups excluding carboxylic acids is 2. The predicted molar refractivity (Wildman–Crippen MR) is 159 cm³/mol. The number of alkyl halides is 1. The Morgan fingerprint density at radius 3 is 2.62 bits per heavy atom. The lowest BCUT2D eigenvalue weighted by atomic mass is 9.74. The van der Waals surface area contributed by atoms with E-state index in [0.29, 0.717) is 18.9 Å². The summed E-state index contributed by atoms with van der Waals surface area (Å²) >= 11 is 0. The summed E-state index contributed by atoms with van der Waals surface area (Å²) in [5, 5.41) is 13.9. The highest BCUT2D eigenvalue weighted by atomic mass is 19.1. The zero-order chi connectivity index (χ0) is 29.4. The molecule has 0 aliphatic carbocycles. The molecule has 2 bridgehead atoms. The molecule has 0 aromatic carbocycles. The number of nitrogens with one attached hydrogen (secondary N) is 4. The summed E-state index contributed by atoms with van der Waals surface area (Å²) in [6, 6.07) is -0.0171. The highest BCUT2D eigenvalue weighted by Crippen LogP contribution is 2.39. The van der Waals surface area contributed by atoms with E-state index < -0.39 is 18.3 Å². The summed E-state index contributed by atoms with van der Waals surface area (Å²) in [4.78, 5) is 32.0. The number of carbonyl (C=O) groups is 2. The molecule has 42 heavy (non-hydrogen) atoms. The number of hydrogen-bond acceptors (Lipinski definition) is 8. The normalized spacial score (nSPS) is 41.1. The van der Waals surface area contributed by atoms with Crippen LogP contribution >= 0.6 is 0 Å². The van der Waals surface area contributed by atoms with E-state index in [2.05, 4.69) is 44.9 Å². The van der Waals surface area contributed by atoms with E-state index in [-0.39, 0.29) is 59.8 Å². The lowest BCUT2D eigenvalue weighted by Gasteiger charge is -2.44. The molecule has 6 aliphatic heterocycles. The molecule has 0 radical (unpaired) electrons. The van der Waals surface area contributed by atoms with Crippen molar-refractivity contribution in [3.63, 3.8) is 0 Å². The molecule has 6 saturated heterocycles. The summed E-state index contributed by atoms with van der Waals surface area (Å²) in [7, 11) is 0. The van der Waals surface area contributed by atoms with Gasteiger partial charge in [-0.05, 0) is 70.0 Å². The molecule has 6 aliphatic rings. The van der Waals surface area contributed by atoms with E-state index in [1.165, 1.54) is 0 Å². The Morgan fingerprint density at radius 1 is 1.14 bits per heavy atom. The molecular weight excluding hydrogens is 537 g/mol. The van der Waals surface area contributed by atoms with Gasteiger partial charge in [0.1, 0.15) is 6.17 Å². The van der Waals surface area contributed by atoms with Crippen LogP contribution in [0.15, 0.2) is 0 Å². The Bertz CT molecular complexity index is 961. The first-order valence-corrected chi connectivity index (χ1v) is 16.8. The van der Waals surface area contributed by atoms with Gasteiger partial charge in [0.2, 0.25) is 11.8 Å². The van der Waals surface area contributed by atoms with Crippen LogP contribution in [0.25, 0.3) is 0 Å². The summed E-state index contributed by atoms with van der Waals surface area (Å²) in [6.07, 6.45) is 4.70.